The van der Waals surface area contributed by atoms with Crippen molar-refractivity contribution in [2.45, 2.75) is 44.6 Å². The Bertz CT molecular complexity index is 239. The second-order valence-corrected chi connectivity index (χ2v) is 5.12. The highest BCUT2D eigenvalue weighted by atomic mass is 16.3. The Hall–Kier alpha value is -0.340. The quantitative estimate of drug-likeness (QED) is 0.705. The molecule has 2 nitrogen and oxygen atoms in total. The van der Waals surface area contributed by atoms with E-state index in [0.29, 0.717) is 5.92 Å². The van der Waals surface area contributed by atoms with Crippen molar-refractivity contribution in [1.82, 2.24) is 4.90 Å². The molecule has 1 aliphatic carbocycles. The van der Waals surface area contributed by atoms with Gasteiger partial charge in [0.25, 0.3) is 0 Å². The van der Waals surface area contributed by atoms with Crippen molar-refractivity contribution < 1.29 is 5.11 Å². The third-order valence-corrected chi connectivity index (χ3v) is 4.11. The van der Waals surface area contributed by atoms with E-state index in [1.54, 1.807) is 0 Å². The van der Waals surface area contributed by atoms with Gasteiger partial charge >= 0.3 is 0 Å². The molecule has 1 aliphatic heterocycles. The summed E-state index contributed by atoms with van der Waals surface area (Å²) in [7, 11) is 0. The van der Waals surface area contributed by atoms with Crippen LogP contribution >= 0.6 is 0 Å². The minimum Gasteiger partial charge on any atom is -0.390 e. The van der Waals surface area contributed by atoms with Crippen molar-refractivity contribution in [3.05, 3.63) is 12.2 Å². The molecule has 0 aromatic carbocycles. The fourth-order valence-electron chi connectivity index (χ4n) is 3.06. The first-order valence-corrected chi connectivity index (χ1v) is 6.30. The van der Waals surface area contributed by atoms with Crippen LogP contribution in [0.25, 0.3) is 0 Å². The number of likely N-dealkylation sites (tertiary alicyclic amines) is 1. The molecule has 0 amide bonds. The fourth-order valence-corrected chi connectivity index (χ4v) is 3.06. The molecule has 1 heterocycles. The van der Waals surface area contributed by atoms with Crippen LogP contribution in [0.2, 0.25) is 0 Å². The number of allylic oxidation sites excluding steroid dienone is 1. The standard InChI is InChI=1S/C13H23NO/c1-2-3-9-14-10-8-13(15)7-5-4-6-12(13)11-14/h2-3,12,15H,4-11H2,1H3/b3-2+. The molecule has 0 aromatic rings. The molecule has 2 atom stereocenters. The van der Waals surface area contributed by atoms with E-state index in [1.807, 2.05) is 0 Å². The van der Waals surface area contributed by atoms with E-state index < -0.39 is 0 Å². The summed E-state index contributed by atoms with van der Waals surface area (Å²) in [4.78, 5) is 2.48. The molecule has 2 fully saturated rings. The molecule has 2 heteroatoms. The molecule has 0 aromatic heterocycles. The molecule has 0 radical (unpaired) electrons. The van der Waals surface area contributed by atoms with Crippen LogP contribution in [-0.2, 0) is 0 Å². The van der Waals surface area contributed by atoms with Gasteiger partial charge in [0, 0.05) is 25.6 Å². The Morgan fingerprint density at radius 3 is 3.07 bits per heavy atom. The number of aliphatic hydroxyl groups is 1. The first kappa shape index (κ1) is 11.2. The average Bonchev–Trinajstić information content (AvgIpc) is 2.26. The highest BCUT2D eigenvalue weighted by molar-refractivity contribution is 4.97. The number of hydrogen-bond acceptors (Lipinski definition) is 2. The van der Waals surface area contributed by atoms with Crippen LogP contribution in [0.5, 0.6) is 0 Å². The summed E-state index contributed by atoms with van der Waals surface area (Å²) in [6, 6.07) is 0. The molecule has 2 unspecified atom stereocenters. The Labute approximate surface area is 93.0 Å². The van der Waals surface area contributed by atoms with Gasteiger partial charge in [0.1, 0.15) is 0 Å². The average molecular weight is 209 g/mol. The van der Waals surface area contributed by atoms with Crippen molar-refractivity contribution in [2.75, 3.05) is 19.6 Å². The topological polar surface area (TPSA) is 23.5 Å². The lowest BCUT2D eigenvalue weighted by Crippen LogP contribution is -2.53. The zero-order valence-electron chi connectivity index (χ0n) is 9.78. The van der Waals surface area contributed by atoms with Gasteiger partial charge in [-0.3, -0.25) is 4.90 Å². The van der Waals surface area contributed by atoms with E-state index in [1.165, 1.54) is 19.3 Å². The second-order valence-electron chi connectivity index (χ2n) is 5.12. The number of nitrogens with zero attached hydrogens (tertiary/aromatic N) is 1. The van der Waals surface area contributed by atoms with Crippen LogP contribution in [0.4, 0.5) is 0 Å². The monoisotopic (exact) mass is 209 g/mol. The third-order valence-electron chi connectivity index (χ3n) is 4.11. The minimum absolute atomic E-state index is 0.315. The number of hydrogen-bond donors (Lipinski definition) is 1. The maximum atomic E-state index is 10.5. The normalized spacial score (nSPS) is 38.1. The molecule has 2 rings (SSSR count). The van der Waals surface area contributed by atoms with Crippen LogP contribution < -0.4 is 0 Å². The smallest absolute Gasteiger partial charge is 0.0700 e. The molecule has 86 valence electrons. The fraction of sp³-hybridized carbons (Fsp3) is 0.846. The van der Waals surface area contributed by atoms with E-state index in [4.69, 9.17) is 0 Å². The van der Waals surface area contributed by atoms with E-state index in [-0.39, 0.29) is 5.60 Å². The van der Waals surface area contributed by atoms with E-state index in [0.717, 1.165) is 32.5 Å². The summed E-state index contributed by atoms with van der Waals surface area (Å²) in [5, 5.41) is 10.5. The van der Waals surface area contributed by atoms with Crippen LogP contribution in [0.1, 0.15) is 39.0 Å². The van der Waals surface area contributed by atoms with Gasteiger partial charge in [-0.15, -0.1) is 0 Å². The van der Waals surface area contributed by atoms with Crippen molar-refractivity contribution in [2.24, 2.45) is 5.92 Å². The van der Waals surface area contributed by atoms with E-state index >= 15 is 0 Å². The Morgan fingerprint density at radius 1 is 1.40 bits per heavy atom. The van der Waals surface area contributed by atoms with Gasteiger partial charge in [0.15, 0.2) is 0 Å². The predicted octanol–water partition coefficient (Wildman–Crippen LogP) is 2.19. The van der Waals surface area contributed by atoms with Crippen molar-refractivity contribution in [3.63, 3.8) is 0 Å². The lowest BCUT2D eigenvalue weighted by atomic mass is 9.71. The molecular formula is C13H23NO. The van der Waals surface area contributed by atoms with Gasteiger partial charge in [-0.2, -0.15) is 0 Å². The van der Waals surface area contributed by atoms with Crippen LogP contribution in [0.15, 0.2) is 12.2 Å². The zero-order valence-corrected chi connectivity index (χ0v) is 9.78. The van der Waals surface area contributed by atoms with E-state index in [2.05, 4.69) is 24.0 Å². The summed E-state index contributed by atoms with van der Waals surface area (Å²) in [6.45, 7) is 5.29. The molecule has 2 aliphatic rings. The molecule has 15 heavy (non-hydrogen) atoms. The van der Waals surface area contributed by atoms with Crippen molar-refractivity contribution in [3.8, 4) is 0 Å². The number of piperidine rings is 1. The van der Waals surface area contributed by atoms with Crippen LogP contribution in [-0.4, -0.2) is 35.2 Å². The summed E-state index contributed by atoms with van der Waals surface area (Å²) >= 11 is 0. The highest BCUT2D eigenvalue weighted by Gasteiger charge is 2.42. The molecular weight excluding hydrogens is 186 g/mol. The van der Waals surface area contributed by atoms with Gasteiger partial charge in [0.2, 0.25) is 0 Å². The van der Waals surface area contributed by atoms with Gasteiger partial charge < -0.3 is 5.11 Å². The Morgan fingerprint density at radius 2 is 2.27 bits per heavy atom. The van der Waals surface area contributed by atoms with Crippen molar-refractivity contribution in [1.29, 1.82) is 0 Å². The number of fused-ring (bicyclic) bond motifs is 1. The maximum absolute atomic E-state index is 10.5. The van der Waals surface area contributed by atoms with Crippen LogP contribution in [0.3, 0.4) is 0 Å². The van der Waals surface area contributed by atoms with Gasteiger partial charge in [-0.1, -0.05) is 25.0 Å². The largest absolute Gasteiger partial charge is 0.390 e. The maximum Gasteiger partial charge on any atom is 0.0700 e. The third kappa shape index (κ3) is 2.43. The van der Waals surface area contributed by atoms with Gasteiger partial charge in [-0.25, -0.2) is 0 Å². The summed E-state index contributed by atoms with van der Waals surface area (Å²) in [6.07, 6.45) is 10.1. The summed E-state index contributed by atoms with van der Waals surface area (Å²) < 4.78 is 0. The Balaban J connectivity index is 1.93. The SMILES string of the molecule is C/C=C/CN1CCC2(O)CCCCC2C1. The highest BCUT2D eigenvalue weighted by Crippen LogP contribution is 2.39. The summed E-state index contributed by atoms with van der Waals surface area (Å²) in [5.41, 5.74) is -0.315. The van der Waals surface area contributed by atoms with Crippen molar-refractivity contribution >= 4 is 0 Å². The van der Waals surface area contributed by atoms with Gasteiger partial charge in [0.05, 0.1) is 5.60 Å². The molecule has 1 saturated carbocycles. The lowest BCUT2D eigenvalue weighted by molar-refractivity contribution is -0.0933. The van der Waals surface area contributed by atoms with Gasteiger partial charge in [-0.05, 0) is 26.2 Å². The molecule has 0 bridgehead atoms. The summed E-state index contributed by atoms with van der Waals surface area (Å²) in [5.74, 6) is 0.533. The molecule has 1 saturated heterocycles. The number of rotatable bonds is 2. The first-order chi connectivity index (χ1) is 7.24. The van der Waals surface area contributed by atoms with Crippen LogP contribution in [0, 0.1) is 5.92 Å². The first-order valence-electron chi connectivity index (χ1n) is 6.30. The second kappa shape index (κ2) is 4.67. The predicted molar refractivity (Wildman–Crippen MR) is 62.8 cm³/mol. The minimum atomic E-state index is -0.315. The zero-order chi connectivity index (χ0) is 10.7. The molecule has 1 N–H and O–H groups in total. The Kier molecular flexibility index (Phi) is 3.47. The van der Waals surface area contributed by atoms with E-state index in [9.17, 15) is 5.11 Å². The lowest BCUT2D eigenvalue weighted by Gasteiger charge is -2.47. The molecule has 0 spiro atoms.